The Kier molecular flexibility index (Phi) is 2.84. The standard InChI is InChI=1S/C17H13FN2O4/c1-7-11(18)5-9-14-16(7)24-13-4-8(19)2-3-12(13)20(14)6-10(15(9)21)17(22)23/h2-6,14,16H,19H2,1H3,(H,22,23). The second kappa shape index (κ2) is 4.70. The van der Waals surface area contributed by atoms with Gasteiger partial charge in [-0.1, -0.05) is 0 Å². The zero-order valence-corrected chi connectivity index (χ0v) is 12.6. The number of hydrogen-bond donors (Lipinski definition) is 2. The van der Waals surface area contributed by atoms with E-state index in [4.69, 9.17) is 10.5 Å². The Bertz CT molecular complexity index is 900. The maximum absolute atomic E-state index is 14.3. The van der Waals surface area contributed by atoms with Crippen LogP contribution in [-0.4, -0.2) is 29.0 Å². The van der Waals surface area contributed by atoms with Crippen LogP contribution in [0.4, 0.5) is 15.8 Å². The van der Waals surface area contributed by atoms with Crippen molar-refractivity contribution in [3.05, 3.63) is 53.0 Å². The van der Waals surface area contributed by atoms with Gasteiger partial charge in [-0.25, -0.2) is 9.18 Å². The Labute approximate surface area is 136 Å². The maximum atomic E-state index is 14.3. The molecule has 0 amide bonds. The van der Waals surface area contributed by atoms with E-state index in [1.165, 1.54) is 6.20 Å². The zero-order chi connectivity index (χ0) is 17.2. The van der Waals surface area contributed by atoms with Gasteiger partial charge in [0.05, 0.1) is 5.69 Å². The Balaban J connectivity index is 2.00. The number of carboxylic acids is 1. The van der Waals surface area contributed by atoms with Crippen LogP contribution >= 0.6 is 0 Å². The summed E-state index contributed by atoms with van der Waals surface area (Å²) in [5.41, 5.74) is 6.84. The number of carbonyl (C=O) groups is 2. The fourth-order valence-electron chi connectivity index (χ4n) is 3.30. The van der Waals surface area contributed by atoms with Gasteiger partial charge in [-0.05, 0) is 25.1 Å². The molecule has 1 aromatic carbocycles. The fourth-order valence-corrected chi connectivity index (χ4v) is 3.30. The first-order valence-electron chi connectivity index (χ1n) is 7.30. The number of hydrogen-bond acceptors (Lipinski definition) is 5. The lowest BCUT2D eigenvalue weighted by molar-refractivity contribution is -0.134. The molecule has 1 aromatic rings. The number of nitrogens with zero attached hydrogens (tertiary/aromatic N) is 1. The third-order valence-corrected chi connectivity index (χ3v) is 4.51. The first-order chi connectivity index (χ1) is 11.4. The topological polar surface area (TPSA) is 92.9 Å². The van der Waals surface area contributed by atoms with Gasteiger partial charge in [-0.15, -0.1) is 0 Å². The number of aliphatic carboxylic acids is 1. The fraction of sp³-hybridized carbons (Fsp3) is 0.176. The molecule has 0 spiro atoms. The number of halogens is 1. The van der Waals surface area contributed by atoms with E-state index in [9.17, 15) is 19.1 Å². The lowest BCUT2D eigenvalue weighted by Crippen LogP contribution is -2.54. The normalized spacial score (nSPS) is 24.6. The highest BCUT2D eigenvalue weighted by Crippen LogP contribution is 2.46. The molecular formula is C17H13FN2O4. The number of allylic oxidation sites excluding steroid dienone is 2. The van der Waals surface area contributed by atoms with Crippen molar-refractivity contribution in [2.75, 3.05) is 10.6 Å². The molecule has 0 aromatic heterocycles. The molecule has 0 saturated carbocycles. The second-order valence-corrected chi connectivity index (χ2v) is 5.93. The van der Waals surface area contributed by atoms with Gasteiger partial charge >= 0.3 is 5.97 Å². The zero-order valence-electron chi connectivity index (χ0n) is 12.6. The highest BCUT2D eigenvalue weighted by atomic mass is 19.1. The molecule has 7 heteroatoms. The predicted molar refractivity (Wildman–Crippen MR) is 84.2 cm³/mol. The van der Waals surface area contributed by atoms with Gasteiger partial charge in [0.2, 0.25) is 0 Å². The van der Waals surface area contributed by atoms with Gasteiger partial charge in [0.25, 0.3) is 0 Å². The minimum Gasteiger partial charge on any atom is -0.481 e. The van der Waals surface area contributed by atoms with Crippen LogP contribution in [0.25, 0.3) is 0 Å². The number of Topliss-reactive ketones (excluding diaryl/α,β-unsaturated/α-hetero) is 1. The van der Waals surface area contributed by atoms with E-state index in [1.807, 2.05) is 0 Å². The molecule has 4 rings (SSSR count). The summed E-state index contributed by atoms with van der Waals surface area (Å²) in [6, 6.07) is 4.34. The minimum atomic E-state index is -1.36. The summed E-state index contributed by atoms with van der Waals surface area (Å²) >= 11 is 0. The number of ether oxygens (including phenoxy) is 1. The highest BCUT2D eigenvalue weighted by molar-refractivity contribution is 6.25. The van der Waals surface area contributed by atoms with Crippen LogP contribution in [0.5, 0.6) is 5.75 Å². The van der Waals surface area contributed by atoms with Crippen LogP contribution in [0.1, 0.15) is 6.92 Å². The molecule has 2 unspecified atom stereocenters. The molecule has 2 atom stereocenters. The molecule has 6 nitrogen and oxygen atoms in total. The predicted octanol–water partition coefficient (Wildman–Crippen LogP) is 1.94. The van der Waals surface area contributed by atoms with Crippen molar-refractivity contribution < 1.29 is 23.8 Å². The van der Waals surface area contributed by atoms with Crippen LogP contribution in [0.2, 0.25) is 0 Å². The number of carboxylic acid groups (broad SMARTS) is 1. The summed E-state index contributed by atoms with van der Waals surface area (Å²) in [7, 11) is 0. The number of ketones is 1. The molecule has 3 N–H and O–H groups in total. The second-order valence-electron chi connectivity index (χ2n) is 5.93. The third-order valence-electron chi connectivity index (χ3n) is 4.51. The number of anilines is 2. The van der Waals surface area contributed by atoms with Crippen molar-refractivity contribution in [2.24, 2.45) is 0 Å². The summed E-state index contributed by atoms with van der Waals surface area (Å²) < 4.78 is 20.1. The summed E-state index contributed by atoms with van der Waals surface area (Å²) in [5.74, 6) is -2.22. The number of carbonyl (C=O) groups excluding carboxylic acids is 1. The van der Waals surface area contributed by atoms with Crippen LogP contribution in [0.3, 0.4) is 0 Å². The Morgan fingerprint density at radius 1 is 1.42 bits per heavy atom. The first-order valence-corrected chi connectivity index (χ1v) is 7.30. The Hall–Kier alpha value is -3.09. The smallest absolute Gasteiger partial charge is 0.341 e. The molecule has 0 saturated heterocycles. The molecule has 0 bridgehead atoms. The largest absolute Gasteiger partial charge is 0.481 e. The van der Waals surface area contributed by atoms with Crippen molar-refractivity contribution in [3.8, 4) is 5.75 Å². The summed E-state index contributed by atoms with van der Waals surface area (Å²) in [5, 5.41) is 9.31. The van der Waals surface area contributed by atoms with Crippen LogP contribution in [0.15, 0.2) is 53.0 Å². The quantitative estimate of drug-likeness (QED) is 0.604. The highest BCUT2D eigenvalue weighted by Gasteiger charge is 2.48. The molecule has 0 fully saturated rings. The average Bonchev–Trinajstić information content (AvgIpc) is 2.53. The van der Waals surface area contributed by atoms with Gasteiger partial charge in [0.1, 0.15) is 29.3 Å². The number of fused-ring (bicyclic) bond motifs is 2. The van der Waals surface area contributed by atoms with E-state index in [0.717, 1.165) is 6.08 Å². The minimum absolute atomic E-state index is 0.0745. The van der Waals surface area contributed by atoms with Gasteiger partial charge in [0.15, 0.2) is 5.78 Å². The third kappa shape index (κ3) is 1.81. The molecule has 0 radical (unpaired) electrons. The molecule has 2 aliphatic heterocycles. The van der Waals surface area contributed by atoms with E-state index in [2.05, 4.69) is 0 Å². The molecule has 2 heterocycles. The van der Waals surface area contributed by atoms with Gasteiger partial charge in [-0.2, -0.15) is 0 Å². The molecule has 3 aliphatic rings. The number of benzene rings is 1. The van der Waals surface area contributed by atoms with Crippen LogP contribution < -0.4 is 15.4 Å². The monoisotopic (exact) mass is 328 g/mol. The van der Waals surface area contributed by atoms with E-state index in [-0.39, 0.29) is 5.57 Å². The maximum Gasteiger partial charge on any atom is 0.341 e. The van der Waals surface area contributed by atoms with Crippen molar-refractivity contribution in [1.82, 2.24) is 0 Å². The number of rotatable bonds is 1. The van der Waals surface area contributed by atoms with Crippen LogP contribution in [0, 0.1) is 0 Å². The van der Waals surface area contributed by atoms with Gasteiger partial charge < -0.3 is 20.5 Å². The number of nitrogen functional groups attached to an aromatic ring is 1. The van der Waals surface area contributed by atoms with Crippen molar-refractivity contribution >= 4 is 23.1 Å². The van der Waals surface area contributed by atoms with E-state index < -0.39 is 35.3 Å². The van der Waals surface area contributed by atoms with Crippen molar-refractivity contribution in [3.63, 3.8) is 0 Å². The Morgan fingerprint density at radius 3 is 2.88 bits per heavy atom. The molecule has 1 aliphatic carbocycles. The molecule has 122 valence electrons. The van der Waals surface area contributed by atoms with E-state index in [0.29, 0.717) is 22.7 Å². The Morgan fingerprint density at radius 2 is 2.17 bits per heavy atom. The van der Waals surface area contributed by atoms with Crippen molar-refractivity contribution in [1.29, 1.82) is 0 Å². The van der Waals surface area contributed by atoms with Gasteiger partial charge in [0, 0.05) is 29.1 Å². The summed E-state index contributed by atoms with van der Waals surface area (Å²) in [6.07, 6.45) is 1.66. The van der Waals surface area contributed by atoms with E-state index >= 15 is 0 Å². The SMILES string of the molecule is CC1=C(F)C=C2C(=O)C(C(=O)O)=CN3c4ccc(N)cc4OC1C23. The summed E-state index contributed by atoms with van der Waals surface area (Å²) in [6.45, 7) is 1.59. The van der Waals surface area contributed by atoms with Crippen LogP contribution in [-0.2, 0) is 9.59 Å². The van der Waals surface area contributed by atoms with Crippen molar-refractivity contribution in [2.45, 2.75) is 19.1 Å². The lowest BCUT2D eigenvalue weighted by atomic mass is 9.81. The van der Waals surface area contributed by atoms with E-state index in [1.54, 1.807) is 30.0 Å². The lowest BCUT2D eigenvalue weighted by Gasteiger charge is -2.46. The molecule has 24 heavy (non-hydrogen) atoms. The summed E-state index contributed by atoms with van der Waals surface area (Å²) in [4.78, 5) is 25.5. The first kappa shape index (κ1) is 14.5. The molecular weight excluding hydrogens is 315 g/mol. The van der Waals surface area contributed by atoms with Gasteiger partial charge in [-0.3, -0.25) is 4.79 Å². The number of nitrogens with two attached hydrogens (primary N) is 1. The average molecular weight is 328 g/mol.